The van der Waals surface area contributed by atoms with E-state index in [1.807, 2.05) is 18.2 Å². The minimum absolute atomic E-state index is 0. The molecule has 0 bridgehead atoms. The van der Waals surface area contributed by atoms with E-state index in [9.17, 15) is 5.11 Å². The van der Waals surface area contributed by atoms with Crippen LogP contribution >= 0.6 is 0 Å². The number of benzene rings is 1. The third-order valence-electron chi connectivity index (χ3n) is 3.33. The van der Waals surface area contributed by atoms with Gasteiger partial charge in [0.2, 0.25) is 0 Å². The quantitative estimate of drug-likeness (QED) is 0.821. The predicted octanol–water partition coefficient (Wildman–Crippen LogP) is 3.43. The zero-order chi connectivity index (χ0) is 11.5. The molecule has 0 amide bonds. The highest BCUT2D eigenvalue weighted by molar-refractivity contribution is 5.17. The van der Waals surface area contributed by atoms with E-state index in [2.05, 4.69) is 39.8 Å². The summed E-state index contributed by atoms with van der Waals surface area (Å²) < 4.78 is 0. The summed E-state index contributed by atoms with van der Waals surface area (Å²) in [6, 6.07) is 10.2. The normalized spacial score (nSPS) is 11.7. The minimum atomic E-state index is -0.596. The fourth-order valence-electron chi connectivity index (χ4n) is 2.00. The highest BCUT2D eigenvalue weighted by atomic mass is 16.3. The first-order valence-corrected chi connectivity index (χ1v) is 5.73. The molecule has 1 aromatic carbocycles. The van der Waals surface area contributed by atoms with Crippen molar-refractivity contribution in [2.24, 2.45) is 11.8 Å². The van der Waals surface area contributed by atoms with Gasteiger partial charge < -0.3 is 11.3 Å². The van der Waals surface area contributed by atoms with E-state index in [0.29, 0.717) is 0 Å². The van der Waals surface area contributed by atoms with Gasteiger partial charge in [-0.1, -0.05) is 58.0 Å². The zero-order valence-corrected chi connectivity index (χ0v) is 10.9. The molecule has 0 aliphatic rings. The van der Waals surface area contributed by atoms with Gasteiger partial charge in [-0.05, 0) is 17.4 Å². The number of hydrogen-bond acceptors (Lipinski definition) is 2. The van der Waals surface area contributed by atoms with Crippen molar-refractivity contribution in [2.75, 3.05) is 0 Å². The predicted molar refractivity (Wildman–Crippen MR) is 69.8 cm³/mol. The van der Waals surface area contributed by atoms with Crippen LogP contribution in [-0.2, 0) is 6.42 Å². The van der Waals surface area contributed by atoms with Crippen molar-refractivity contribution < 1.29 is 5.11 Å². The van der Waals surface area contributed by atoms with Crippen LogP contribution < -0.4 is 6.15 Å². The van der Waals surface area contributed by atoms with Crippen LogP contribution in [-0.4, -0.2) is 10.7 Å². The minimum Gasteiger partial charge on any atom is -0.389 e. The smallest absolute Gasteiger partial charge is 0.0733 e. The lowest BCUT2D eigenvalue weighted by Crippen LogP contribution is -2.42. The molecule has 0 fully saturated rings. The molecule has 0 spiro atoms. The first-order valence-electron chi connectivity index (χ1n) is 5.73. The maximum absolute atomic E-state index is 10.6. The van der Waals surface area contributed by atoms with Crippen LogP contribution in [0.25, 0.3) is 0 Å². The summed E-state index contributed by atoms with van der Waals surface area (Å²) in [4.78, 5) is 0. The molecule has 0 heterocycles. The molecule has 0 unspecified atom stereocenters. The van der Waals surface area contributed by atoms with Crippen LogP contribution in [0.5, 0.6) is 0 Å². The Hall–Kier alpha value is -0.860. The molecule has 0 saturated carbocycles. The van der Waals surface area contributed by atoms with E-state index in [4.69, 9.17) is 0 Å². The molecule has 0 atom stereocenters. The first-order chi connectivity index (χ1) is 6.97. The van der Waals surface area contributed by atoms with Gasteiger partial charge in [0.05, 0.1) is 5.60 Å². The molecule has 0 radical (unpaired) electrons. The summed E-state index contributed by atoms with van der Waals surface area (Å²) in [5.41, 5.74) is 0.615. The van der Waals surface area contributed by atoms with Crippen molar-refractivity contribution >= 4 is 0 Å². The van der Waals surface area contributed by atoms with Crippen molar-refractivity contribution in [1.29, 1.82) is 0 Å². The van der Waals surface area contributed by atoms with Gasteiger partial charge in [0, 0.05) is 6.42 Å². The lowest BCUT2D eigenvalue weighted by molar-refractivity contribution is -0.0462. The lowest BCUT2D eigenvalue weighted by atomic mass is 9.76. The highest BCUT2D eigenvalue weighted by Crippen LogP contribution is 2.29. The third kappa shape index (κ3) is 3.32. The monoisotopic (exact) mass is 223 g/mol. The molecule has 2 heteroatoms. The van der Waals surface area contributed by atoms with Gasteiger partial charge in [-0.25, -0.2) is 0 Å². The highest BCUT2D eigenvalue weighted by Gasteiger charge is 2.34. The molecule has 0 aliphatic carbocycles. The van der Waals surface area contributed by atoms with E-state index >= 15 is 0 Å². The molecule has 0 aromatic heterocycles. The van der Waals surface area contributed by atoms with Gasteiger partial charge in [0.15, 0.2) is 0 Å². The largest absolute Gasteiger partial charge is 0.389 e. The summed E-state index contributed by atoms with van der Waals surface area (Å²) in [5.74, 6) is 0.551. The van der Waals surface area contributed by atoms with Gasteiger partial charge >= 0.3 is 0 Å². The zero-order valence-electron chi connectivity index (χ0n) is 10.9. The van der Waals surface area contributed by atoms with Crippen LogP contribution in [0.15, 0.2) is 30.3 Å². The summed E-state index contributed by atoms with van der Waals surface area (Å²) in [7, 11) is 0. The van der Waals surface area contributed by atoms with E-state index in [0.717, 1.165) is 6.42 Å². The van der Waals surface area contributed by atoms with Crippen LogP contribution in [0.1, 0.15) is 33.3 Å². The SMILES string of the molecule is CC(C)C(O)(Cc1ccccc1)C(C)C.N. The average molecular weight is 223 g/mol. The van der Waals surface area contributed by atoms with E-state index in [1.165, 1.54) is 5.56 Å². The molecule has 1 rings (SSSR count). The van der Waals surface area contributed by atoms with Crippen LogP contribution in [0.3, 0.4) is 0 Å². The molecule has 16 heavy (non-hydrogen) atoms. The van der Waals surface area contributed by atoms with Gasteiger partial charge in [0.25, 0.3) is 0 Å². The summed E-state index contributed by atoms with van der Waals surface area (Å²) in [5, 5.41) is 10.6. The Morgan fingerprint density at radius 3 is 1.81 bits per heavy atom. The van der Waals surface area contributed by atoms with Gasteiger partial charge in [0.1, 0.15) is 0 Å². The maximum Gasteiger partial charge on any atom is 0.0733 e. The van der Waals surface area contributed by atoms with Crippen molar-refractivity contribution in [3.8, 4) is 0 Å². The first kappa shape index (κ1) is 15.1. The van der Waals surface area contributed by atoms with Gasteiger partial charge in [-0.15, -0.1) is 0 Å². The van der Waals surface area contributed by atoms with Crippen molar-refractivity contribution in [1.82, 2.24) is 6.15 Å². The number of aliphatic hydroxyl groups is 1. The average Bonchev–Trinajstić information content (AvgIpc) is 2.18. The van der Waals surface area contributed by atoms with Crippen LogP contribution in [0.4, 0.5) is 0 Å². The van der Waals surface area contributed by atoms with Crippen molar-refractivity contribution in [3.63, 3.8) is 0 Å². The molecular weight excluding hydrogens is 198 g/mol. The summed E-state index contributed by atoms with van der Waals surface area (Å²) in [6.07, 6.45) is 0.739. The standard InChI is InChI=1S/C14H22O.H3N/c1-11(2)14(15,12(3)4)10-13-8-6-5-7-9-13;/h5-9,11-12,15H,10H2,1-4H3;1H3. The van der Waals surface area contributed by atoms with E-state index in [-0.39, 0.29) is 18.0 Å². The fraction of sp³-hybridized carbons (Fsp3) is 0.571. The number of hydrogen-bond donors (Lipinski definition) is 2. The van der Waals surface area contributed by atoms with Crippen molar-refractivity contribution in [3.05, 3.63) is 35.9 Å². The number of rotatable bonds is 4. The second kappa shape index (κ2) is 6.02. The molecular formula is C14H25NO. The second-order valence-electron chi connectivity index (χ2n) is 4.96. The Bertz CT molecular complexity index is 285. The molecule has 0 saturated heterocycles. The Morgan fingerprint density at radius 1 is 1.00 bits per heavy atom. The summed E-state index contributed by atoms with van der Waals surface area (Å²) in [6.45, 7) is 8.35. The topological polar surface area (TPSA) is 55.2 Å². The molecule has 4 N–H and O–H groups in total. The molecule has 2 nitrogen and oxygen atoms in total. The Labute approximate surface area is 99.3 Å². The van der Waals surface area contributed by atoms with Gasteiger partial charge in [-0.3, -0.25) is 0 Å². The van der Waals surface area contributed by atoms with E-state index in [1.54, 1.807) is 0 Å². The van der Waals surface area contributed by atoms with Gasteiger partial charge in [-0.2, -0.15) is 0 Å². The van der Waals surface area contributed by atoms with Crippen LogP contribution in [0.2, 0.25) is 0 Å². The third-order valence-corrected chi connectivity index (χ3v) is 3.33. The van der Waals surface area contributed by atoms with E-state index < -0.39 is 5.60 Å². The Morgan fingerprint density at radius 2 is 1.44 bits per heavy atom. The molecule has 0 aliphatic heterocycles. The Kier molecular flexibility index (Phi) is 5.70. The molecule has 1 aromatic rings. The summed E-state index contributed by atoms with van der Waals surface area (Å²) >= 11 is 0. The van der Waals surface area contributed by atoms with Crippen LogP contribution in [0, 0.1) is 11.8 Å². The second-order valence-corrected chi connectivity index (χ2v) is 4.96. The molecule has 92 valence electrons. The van der Waals surface area contributed by atoms with Crippen molar-refractivity contribution in [2.45, 2.75) is 39.7 Å². The maximum atomic E-state index is 10.6. The lowest BCUT2D eigenvalue weighted by Gasteiger charge is -2.36. The fourth-order valence-corrected chi connectivity index (χ4v) is 2.00. The Balaban J connectivity index is 0.00000225.